The average molecular weight is 274 g/mol. The fraction of sp³-hybridized carbons (Fsp3) is 0.300. The highest BCUT2D eigenvalue weighted by Gasteiger charge is 2.04. The number of ether oxygens (including phenoxy) is 1. The summed E-state index contributed by atoms with van der Waals surface area (Å²) < 4.78 is 5.82. The number of halogens is 1. The van der Waals surface area contributed by atoms with Gasteiger partial charge in [-0.1, -0.05) is 0 Å². The Morgan fingerprint density at radius 2 is 2.33 bits per heavy atom. The summed E-state index contributed by atoms with van der Waals surface area (Å²) in [6, 6.07) is 5.23. The number of aliphatic hydroxyl groups excluding tert-OH is 1. The monoisotopic (exact) mass is 273 g/mol. The van der Waals surface area contributed by atoms with Gasteiger partial charge >= 0.3 is 0 Å². The summed E-state index contributed by atoms with van der Waals surface area (Å²) in [4.78, 5) is 11.2. The normalized spacial score (nSPS) is 9.80. The largest absolute Gasteiger partial charge is 0.496 e. The van der Waals surface area contributed by atoms with E-state index in [9.17, 15) is 4.79 Å². The van der Waals surface area contributed by atoms with Crippen LogP contribution in [0, 0.1) is 0 Å². The van der Waals surface area contributed by atoms with Crippen LogP contribution in [0.25, 0.3) is 0 Å². The molecule has 15 heavy (non-hydrogen) atoms. The second-order valence-corrected chi connectivity index (χ2v) is 3.73. The molecule has 0 atom stereocenters. The highest BCUT2D eigenvalue weighted by atomic mass is 79.9. The lowest BCUT2D eigenvalue weighted by atomic mass is 10.3. The molecule has 1 aromatic carbocycles. The maximum atomic E-state index is 11.2. The molecule has 0 heterocycles. The van der Waals surface area contributed by atoms with Crippen LogP contribution in [-0.4, -0.2) is 24.7 Å². The van der Waals surface area contributed by atoms with E-state index in [1.807, 2.05) is 0 Å². The molecule has 0 bridgehead atoms. The first-order valence-corrected chi connectivity index (χ1v) is 5.21. The lowest BCUT2D eigenvalue weighted by Gasteiger charge is -2.07. The Bertz CT molecular complexity index is 355. The van der Waals surface area contributed by atoms with Gasteiger partial charge in [0.15, 0.2) is 0 Å². The summed E-state index contributed by atoms with van der Waals surface area (Å²) in [5.41, 5.74) is 0.668. The van der Waals surface area contributed by atoms with Gasteiger partial charge in [0.25, 0.3) is 0 Å². The zero-order valence-electron chi connectivity index (χ0n) is 8.29. The van der Waals surface area contributed by atoms with Gasteiger partial charge in [0.05, 0.1) is 24.6 Å². The van der Waals surface area contributed by atoms with Gasteiger partial charge in [-0.25, -0.2) is 0 Å². The first kappa shape index (κ1) is 12.0. The SMILES string of the molecule is COc1ccc(NC(=O)CCO)cc1Br. The minimum atomic E-state index is -0.213. The third-order valence-electron chi connectivity index (χ3n) is 1.77. The van der Waals surface area contributed by atoms with E-state index in [2.05, 4.69) is 21.2 Å². The minimum absolute atomic E-state index is 0.101. The molecule has 0 aromatic heterocycles. The maximum Gasteiger partial charge on any atom is 0.226 e. The molecule has 0 aliphatic rings. The number of benzene rings is 1. The number of amides is 1. The highest BCUT2D eigenvalue weighted by Crippen LogP contribution is 2.27. The van der Waals surface area contributed by atoms with Crippen molar-refractivity contribution in [3.63, 3.8) is 0 Å². The van der Waals surface area contributed by atoms with Crippen LogP contribution in [0.3, 0.4) is 0 Å². The summed E-state index contributed by atoms with van der Waals surface area (Å²) in [5.74, 6) is 0.490. The fourth-order valence-electron chi connectivity index (χ4n) is 1.07. The first-order chi connectivity index (χ1) is 7.17. The van der Waals surface area contributed by atoms with Gasteiger partial charge in [0.1, 0.15) is 5.75 Å². The summed E-state index contributed by atoms with van der Waals surface area (Å²) in [6.45, 7) is -0.150. The molecule has 1 rings (SSSR count). The van der Waals surface area contributed by atoms with Gasteiger partial charge < -0.3 is 15.2 Å². The molecular weight excluding hydrogens is 262 g/mol. The summed E-state index contributed by atoms with van der Waals surface area (Å²) in [5, 5.41) is 11.2. The van der Waals surface area contributed by atoms with E-state index in [1.54, 1.807) is 25.3 Å². The Kier molecular flexibility index (Phi) is 4.58. The van der Waals surface area contributed by atoms with Crippen LogP contribution in [0.2, 0.25) is 0 Å². The van der Waals surface area contributed by atoms with Crippen molar-refractivity contribution in [2.45, 2.75) is 6.42 Å². The molecule has 0 saturated heterocycles. The fourth-order valence-corrected chi connectivity index (χ4v) is 1.61. The lowest BCUT2D eigenvalue weighted by molar-refractivity contribution is -0.116. The summed E-state index contributed by atoms with van der Waals surface area (Å²) in [6.07, 6.45) is 0.101. The van der Waals surface area contributed by atoms with Gasteiger partial charge in [-0.15, -0.1) is 0 Å². The molecule has 4 nitrogen and oxygen atoms in total. The van der Waals surface area contributed by atoms with Crippen molar-refractivity contribution in [1.82, 2.24) is 0 Å². The molecule has 0 unspecified atom stereocenters. The molecule has 0 saturated carbocycles. The third kappa shape index (κ3) is 3.53. The van der Waals surface area contributed by atoms with E-state index in [-0.39, 0.29) is 18.9 Å². The molecule has 2 N–H and O–H groups in total. The Morgan fingerprint density at radius 1 is 1.60 bits per heavy atom. The molecule has 5 heteroatoms. The van der Waals surface area contributed by atoms with Crippen LogP contribution < -0.4 is 10.1 Å². The number of hydrogen-bond acceptors (Lipinski definition) is 3. The second kappa shape index (κ2) is 5.72. The minimum Gasteiger partial charge on any atom is -0.496 e. The number of anilines is 1. The zero-order valence-corrected chi connectivity index (χ0v) is 9.87. The second-order valence-electron chi connectivity index (χ2n) is 2.87. The molecule has 0 radical (unpaired) electrons. The number of rotatable bonds is 4. The molecule has 82 valence electrons. The van der Waals surface area contributed by atoms with Crippen molar-refractivity contribution < 1.29 is 14.6 Å². The van der Waals surface area contributed by atoms with Crippen LogP contribution in [0.1, 0.15) is 6.42 Å². The van der Waals surface area contributed by atoms with Gasteiger partial charge in [-0.2, -0.15) is 0 Å². The Labute approximate surface area is 96.4 Å². The molecule has 0 spiro atoms. The standard InChI is InChI=1S/C10H12BrNO3/c1-15-9-3-2-7(6-8(9)11)12-10(14)4-5-13/h2-3,6,13H,4-5H2,1H3,(H,12,14). The van der Waals surface area contributed by atoms with E-state index in [1.165, 1.54) is 0 Å². The lowest BCUT2D eigenvalue weighted by Crippen LogP contribution is -2.12. The zero-order chi connectivity index (χ0) is 11.3. The van der Waals surface area contributed by atoms with Crippen LogP contribution >= 0.6 is 15.9 Å². The Balaban J connectivity index is 2.71. The molecule has 1 aromatic rings. The maximum absolute atomic E-state index is 11.2. The molecule has 0 aliphatic carbocycles. The number of hydrogen-bond donors (Lipinski definition) is 2. The van der Waals surface area contributed by atoms with Gasteiger partial charge in [0.2, 0.25) is 5.91 Å². The van der Waals surface area contributed by atoms with Crippen molar-refractivity contribution >= 4 is 27.5 Å². The van der Waals surface area contributed by atoms with Crippen LogP contribution in [0.4, 0.5) is 5.69 Å². The van der Waals surface area contributed by atoms with Crippen LogP contribution in [0.15, 0.2) is 22.7 Å². The molecule has 0 fully saturated rings. The summed E-state index contributed by atoms with van der Waals surface area (Å²) in [7, 11) is 1.57. The van der Waals surface area contributed by atoms with Crippen molar-refractivity contribution in [2.24, 2.45) is 0 Å². The Morgan fingerprint density at radius 3 is 2.87 bits per heavy atom. The molecule has 0 aliphatic heterocycles. The van der Waals surface area contributed by atoms with Crippen molar-refractivity contribution in [1.29, 1.82) is 0 Å². The van der Waals surface area contributed by atoms with Crippen molar-refractivity contribution in [3.8, 4) is 5.75 Å². The highest BCUT2D eigenvalue weighted by molar-refractivity contribution is 9.10. The van der Waals surface area contributed by atoms with E-state index >= 15 is 0 Å². The number of aliphatic hydroxyl groups is 1. The van der Waals surface area contributed by atoms with E-state index in [0.717, 1.165) is 4.47 Å². The van der Waals surface area contributed by atoms with E-state index in [4.69, 9.17) is 9.84 Å². The Hall–Kier alpha value is -1.07. The number of carbonyl (C=O) groups excluding carboxylic acids is 1. The number of methoxy groups -OCH3 is 1. The van der Waals surface area contributed by atoms with Crippen LogP contribution in [0.5, 0.6) is 5.75 Å². The van der Waals surface area contributed by atoms with E-state index < -0.39 is 0 Å². The molecular formula is C10H12BrNO3. The predicted molar refractivity (Wildman–Crippen MR) is 61.0 cm³/mol. The molecule has 1 amide bonds. The van der Waals surface area contributed by atoms with Crippen molar-refractivity contribution in [3.05, 3.63) is 22.7 Å². The van der Waals surface area contributed by atoms with Crippen molar-refractivity contribution in [2.75, 3.05) is 19.0 Å². The van der Waals surface area contributed by atoms with Gasteiger partial charge in [-0.05, 0) is 34.1 Å². The number of carbonyl (C=O) groups is 1. The quantitative estimate of drug-likeness (QED) is 0.879. The third-order valence-corrected chi connectivity index (χ3v) is 2.39. The van der Waals surface area contributed by atoms with Crippen LogP contribution in [-0.2, 0) is 4.79 Å². The predicted octanol–water partition coefficient (Wildman–Crippen LogP) is 1.78. The number of nitrogens with one attached hydrogen (secondary N) is 1. The van der Waals surface area contributed by atoms with E-state index in [0.29, 0.717) is 11.4 Å². The summed E-state index contributed by atoms with van der Waals surface area (Å²) >= 11 is 3.31. The average Bonchev–Trinajstić information content (AvgIpc) is 2.18. The van der Waals surface area contributed by atoms with Gasteiger partial charge in [-0.3, -0.25) is 4.79 Å². The van der Waals surface area contributed by atoms with Gasteiger partial charge in [0, 0.05) is 5.69 Å². The topological polar surface area (TPSA) is 58.6 Å². The smallest absolute Gasteiger partial charge is 0.226 e. The first-order valence-electron chi connectivity index (χ1n) is 4.41.